The second-order valence-electron chi connectivity index (χ2n) is 2.41. The van der Waals surface area contributed by atoms with E-state index in [-0.39, 0.29) is 11.3 Å². The van der Waals surface area contributed by atoms with Gasteiger partial charge in [0.15, 0.2) is 0 Å². The Bertz CT molecular complexity index is 392. The number of carbonyl (C=O) groups excluding carboxylic acids is 1. The Balaban J connectivity index is 0.00000106. The monoisotopic (exact) mass is 289 g/mol. The maximum absolute atomic E-state index is 11.0. The van der Waals surface area contributed by atoms with Gasteiger partial charge in [-0.25, -0.2) is 4.79 Å². The first-order valence-electron chi connectivity index (χ1n) is 4.58. The third-order valence-electron chi connectivity index (χ3n) is 1.56. The van der Waals surface area contributed by atoms with Crippen LogP contribution in [0.2, 0.25) is 0 Å². The second kappa shape index (κ2) is 6.95. The van der Waals surface area contributed by atoms with Gasteiger partial charge in [-0.3, -0.25) is 10.1 Å². The molecule has 88 valence electrons. The highest BCUT2D eigenvalue weighted by Crippen LogP contribution is 2.25. The molecule has 0 aliphatic heterocycles. The highest BCUT2D eigenvalue weighted by molar-refractivity contribution is 9.10. The number of nitro groups is 1. The number of ether oxygens (including phenoxy) is 1. The van der Waals surface area contributed by atoms with E-state index in [0.717, 1.165) is 6.07 Å². The van der Waals surface area contributed by atoms with Crippen molar-refractivity contribution in [1.82, 2.24) is 0 Å². The maximum Gasteiger partial charge on any atom is 0.338 e. The molecule has 1 aromatic rings. The largest absolute Gasteiger partial charge is 0.465 e. The number of nitrogens with zero attached hydrogens (tertiary/aromatic N) is 1. The van der Waals surface area contributed by atoms with Crippen LogP contribution >= 0.6 is 15.9 Å². The molecule has 0 amide bonds. The van der Waals surface area contributed by atoms with Crippen molar-refractivity contribution in [1.29, 1.82) is 0 Å². The van der Waals surface area contributed by atoms with Gasteiger partial charge in [-0.15, -0.1) is 0 Å². The van der Waals surface area contributed by atoms with Gasteiger partial charge in [-0.2, -0.15) is 0 Å². The van der Waals surface area contributed by atoms with Crippen LogP contribution in [0.4, 0.5) is 5.69 Å². The number of hydrogen-bond donors (Lipinski definition) is 0. The lowest BCUT2D eigenvalue weighted by Gasteiger charge is -1.99. The molecule has 0 spiro atoms. The Kier molecular flexibility index (Phi) is 6.32. The zero-order valence-corrected chi connectivity index (χ0v) is 10.8. The van der Waals surface area contributed by atoms with Crippen LogP contribution in [0.5, 0.6) is 0 Å². The highest BCUT2D eigenvalue weighted by Gasteiger charge is 2.15. The molecule has 0 radical (unpaired) electrons. The van der Waals surface area contributed by atoms with Crippen LogP contribution in [0.15, 0.2) is 22.7 Å². The number of benzene rings is 1. The maximum atomic E-state index is 11.0. The van der Waals surface area contributed by atoms with E-state index in [9.17, 15) is 14.9 Å². The van der Waals surface area contributed by atoms with Crippen molar-refractivity contribution in [3.63, 3.8) is 0 Å². The molecule has 6 heteroatoms. The Morgan fingerprint density at radius 3 is 2.44 bits per heavy atom. The summed E-state index contributed by atoms with van der Waals surface area (Å²) in [6.07, 6.45) is 0. The van der Waals surface area contributed by atoms with Crippen LogP contribution < -0.4 is 0 Å². The number of hydrogen-bond acceptors (Lipinski definition) is 4. The number of rotatable bonds is 2. The van der Waals surface area contributed by atoms with Gasteiger partial charge in [0.2, 0.25) is 0 Å². The first-order valence-corrected chi connectivity index (χ1v) is 5.38. The number of methoxy groups -OCH3 is 1. The van der Waals surface area contributed by atoms with Crippen molar-refractivity contribution in [3.8, 4) is 0 Å². The van der Waals surface area contributed by atoms with E-state index in [1.165, 1.54) is 19.2 Å². The fraction of sp³-hybridized carbons (Fsp3) is 0.300. The smallest absolute Gasteiger partial charge is 0.338 e. The zero-order valence-electron chi connectivity index (χ0n) is 9.19. The summed E-state index contributed by atoms with van der Waals surface area (Å²) in [7, 11) is 1.22. The van der Waals surface area contributed by atoms with Crippen molar-refractivity contribution in [2.45, 2.75) is 13.8 Å². The van der Waals surface area contributed by atoms with E-state index < -0.39 is 10.9 Å². The summed E-state index contributed by atoms with van der Waals surface area (Å²) in [4.78, 5) is 21.0. The van der Waals surface area contributed by atoms with Gasteiger partial charge in [0, 0.05) is 6.07 Å². The molecular weight excluding hydrogens is 278 g/mol. The number of halogens is 1. The van der Waals surface area contributed by atoms with Gasteiger partial charge in [0.25, 0.3) is 5.69 Å². The molecule has 0 aromatic heterocycles. The summed E-state index contributed by atoms with van der Waals surface area (Å²) >= 11 is 3.01. The summed E-state index contributed by atoms with van der Waals surface area (Å²) in [6, 6.07) is 4.04. The summed E-state index contributed by atoms with van der Waals surface area (Å²) in [5.41, 5.74) is -0.00435. The molecule has 0 saturated heterocycles. The van der Waals surface area contributed by atoms with Gasteiger partial charge >= 0.3 is 5.97 Å². The third-order valence-corrected chi connectivity index (χ3v) is 2.23. The molecular formula is C10H12BrNO4. The van der Waals surface area contributed by atoms with E-state index in [0.29, 0.717) is 4.47 Å². The average molecular weight is 290 g/mol. The van der Waals surface area contributed by atoms with E-state index in [4.69, 9.17) is 0 Å². The van der Waals surface area contributed by atoms with Gasteiger partial charge in [-0.05, 0) is 28.1 Å². The van der Waals surface area contributed by atoms with Gasteiger partial charge < -0.3 is 4.74 Å². The highest BCUT2D eigenvalue weighted by atomic mass is 79.9. The Hall–Kier alpha value is -1.43. The van der Waals surface area contributed by atoms with Crippen molar-refractivity contribution in [2.75, 3.05) is 7.11 Å². The predicted octanol–water partition coefficient (Wildman–Crippen LogP) is 3.17. The lowest BCUT2D eigenvalue weighted by molar-refractivity contribution is -0.385. The number of nitro benzene ring substituents is 1. The summed E-state index contributed by atoms with van der Waals surface area (Å²) in [6.45, 7) is 4.00. The molecule has 0 N–H and O–H groups in total. The predicted molar refractivity (Wildman–Crippen MR) is 63.5 cm³/mol. The summed E-state index contributed by atoms with van der Waals surface area (Å²) < 4.78 is 4.76. The van der Waals surface area contributed by atoms with Crippen LogP contribution in [0.25, 0.3) is 0 Å². The molecule has 1 rings (SSSR count). The SMILES string of the molecule is CC.COC(=O)c1ccc(Br)c([N+](=O)[O-])c1. The van der Waals surface area contributed by atoms with E-state index >= 15 is 0 Å². The molecule has 16 heavy (non-hydrogen) atoms. The lowest BCUT2D eigenvalue weighted by Crippen LogP contribution is -2.02. The standard InChI is InChI=1S/C8H6BrNO4.C2H6/c1-14-8(11)5-2-3-6(9)7(4-5)10(12)13;1-2/h2-4H,1H3;1-2H3. The summed E-state index contributed by atoms with van der Waals surface area (Å²) in [5.74, 6) is -0.597. The molecule has 0 unspecified atom stereocenters. The minimum atomic E-state index is -0.597. The molecule has 0 heterocycles. The van der Waals surface area contributed by atoms with Crippen molar-refractivity contribution >= 4 is 27.6 Å². The van der Waals surface area contributed by atoms with E-state index in [1.807, 2.05) is 13.8 Å². The van der Waals surface area contributed by atoms with Gasteiger partial charge in [0.05, 0.1) is 22.1 Å². The van der Waals surface area contributed by atoms with Crippen molar-refractivity contribution < 1.29 is 14.5 Å². The molecule has 0 aliphatic rings. The van der Waals surface area contributed by atoms with Gasteiger partial charge in [-0.1, -0.05) is 13.8 Å². The third kappa shape index (κ3) is 3.62. The average Bonchev–Trinajstić information content (AvgIpc) is 2.31. The fourth-order valence-electron chi connectivity index (χ4n) is 0.897. The topological polar surface area (TPSA) is 69.4 Å². The molecule has 0 bridgehead atoms. The van der Waals surface area contributed by atoms with Gasteiger partial charge in [0.1, 0.15) is 0 Å². The van der Waals surface area contributed by atoms with Crippen LogP contribution in [0, 0.1) is 10.1 Å². The van der Waals surface area contributed by atoms with Crippen LogP contribution in [0.1, 0.15) is 24.2 Å². The zero-order chi connectivity index (χ0) is 12.7. The second-order valence-corrected chi connectivity index (χ2v) is 3.27. The molecule has 0 aliphatic carbocycles. The first-order chi connectivity index (χ1) is 7.56. The van der Waals surface area contributed by atoms with Crippen LogP contribution in [-0.2, 0) is 4.74 Å². The molecule has 1 aromatic carbocycles. The Morgan fingerprint density at radius 2 is 2.00 bits per heavy atom. The summed E-state index contributed by atoms with van der Waals surface area (Å²) in [5, 5.41) is 10.5. The van der Waals surface area contributed by atoms with Crippen molar-refractivity contribution in [3.05, 3.63) is 38.3 Å². The fourth-order valence-corrected chi connectivity index (χ4v) is 1.29. The lowest BCUT2D eigenvalue weighted by atomic mass is 10.2. The minimum absolute atomic E-state index is 0.155. The van der Waals surface area contributed by atoms with E-state index in [1.54, 1.807) is 0 Å². The Labute approximate surface area is 102 Å². The molecule has 5 nitrogen and oxygen atoms in total. The van der Waals surface area contributed by atoms with Crippen molar-refractivity contribution in [2.24, 2.45) is 0 Å². The normalized spacial score (nSPS) is 8.75. The minimum Gasteiger partial charge on any atom is -0.465 e. The Morgan fingerprint density at radius 1 is 1.44 bits per heavy atom. The quantitative estimate of drug-likeness (QED) is 0.476. The molecule has 0 atom stereocenters. The van der Waals surface area contributed by atoms with Crippen LogP contribution in [-0.4, -0.2) is 18.0 Å². The molecule has 0 fully saturated rings. The van der Waals surface area contributed by atoms with E-state index in [2.05, 4.69) is 20.7 Å². The first kappa shape index (κ1) is 14.6. The van der Waals surface area contributed by atoms with Crippen LogP contribution in [0.3, 0.4) is 0 Å². The number of carbonyl (C=O) groups is 1. The molecule has 0 saturated carbocycles. The number of esters is 1.